The molecule has 6 heteroatoms. The predicted octanol–water partition coefficient (Wildman–Crippen LogP) is 1.84. The van der Waals surface area contributed by atoms with Crippen LogP contribution in [0.2, 0.25) is 0 Å². The number of aliphatic hydroxyl groups excluding tert-OH is 1. The van der Waals surface area contributed by atoms with Crippen LogP contribution in [0.25, 0.3) is 0 Å². The molecule has 0 aliphatic heterocycles. The van der Waals surface area contributed by atoms with Crippen LogP contribution in [-0.4, -0.2) is 19.4 Å². The first-order chi connectivity index (χ1) is 5.25. The van der Waals surface area contributed by atoms with Gasteiger partial charge >= 0.3 is 0 Å². The maximum Gasteiger partial charge on any atom is 0.248 e. The second-order valence-electron chi connectivity index (χ2n) is 2.20. The van der Waals surface area contributed by atoms with E-state index in [-0.39, 0.29) is 0 Å². The maximum atomic E-state index is 11.0. The van der Waals surface area contributed by atoms with Crippen molar-refractivity contribution in [2.24, 2.45) is 0 Å². The van der Waals surface area contributed by atoms with Gasteiger partial charge in [0, 0.05) is 5.57 Å². The minimum Gasteiger partial charge on any atom is -0.370 e. The fourth-order valence-corrected chi connectivity index (χ4v) is 0.673. The third-order valence-corrected chi connectivity index (χ3v) is 2.27. The molecule has 0 bridgehead atoms. The Kier molecular flexibility index (Phi) is 4.98. The molecular weight excluding hydrogens is 358 g/mol. The first-order valence-corrected chi connectivity index (χ1v) is 5.34. The number of carbonyl (C=O) groups is 1. The molecule has 0 spiro atoms. The van der Waals surface area contributed by atoms with E-state index in [4.69, 9.17) is 0 Å². The van der Waals surface area contributed by atoms with E-state index >= 15 is 0 Å². The van der Waals surface area contributed by atoms with Crippen molar-refractivity contribution in [1.29, 1.82) is 0 Å². The van der Waals surface area contributed by atoms with Crippen molar-refractivity contribution in [3.63, 3.8) is 0 Å². The van der Waals surface area contributed by atoms with Crippen LogP contribution < -0.4 is 5.32 Å². The molecule has 0 heterocycles. The number of hydrogen-bond acceptors (Lipinski definition) is 2. The normalized spacial score (nSPS) is 13.8. The molecule has 0 saturated heterocycles. The van der Waals surface area contributed by atoms with Gasteiger partial charge < -0.3 is 10.4 Å². The largest absolute Gasteiger partial charge is 0.370 e. The molecule has 70 valence electrons. The number of hydrogen-bond donors (Lipinski definition) is 2. The highest BCUT2D eigenvalue weighted by atomic mass is 80.0. The molecule has 0 aromatic carbocycles. The fourth-order valence-electron chi connectivity index (χ4n) is 0.329. The Hall–Kier alpha value is 0.610. The van der Waals surface area contributed by atoms with Crippen LogP contribution in [0.5, 0.6) is 0 Å². The number of aliphatic hydroxyl groups is 1. The van der Waals surface area contributed by atoms with Crippen molar-refractivity contribution in [1.82, 2.24) is 5.32 Å². The Morgan fingerprint density at radius 2 is 2.00 bits per heavy atom. The Morgan fingerprint density at radius 3 is 2.25 bits per heavy atom. The molecule has 0 aromatic heterocycles. The lowest BCUT2D eigenvalue weighted by Crippen LogP contribution is -2.42. The van der Waals surface area contributed by atoms with Crippen molar-refractivity contribution in [3.8, 4) is 0 Å². The highest BCUT2D eigenvalue weighted by molar-refractivity contribution is 9.39. The highest BCUT2D eigenvalue weighted by Gasteiger charge is 2.30. The lowest BCUT2D eigenvalue weighted by molar-refractivity contribution is -0.120. The molecule has 3 nitrogen and oxygen atoms in total. The summed E-state index contributed by atoms with van der Waals surface area (Å²) in [5, 5.41) is 11.6. The zero-order valence-corrected chi connectivity index (χ0v) is 11.0. The van der Waals surface area contributed by atoms with Crippen molar-refractivity contribution < 1.29 is 9.90 Å². The van der Waals surface area contributed by atoms with Crippen LogP contribution in [0, 0.1) is 0 Å². The van der Waals surface area contributed by atoms with Gasteiger partial charge in [-0.15, -0.1) is 0 Å². The third kappa shape index (κ3) is 4.59. The number of nitrogens with one attached hydrogen (secondary N) is 1. The van der Waals surface area contributed by atoms with E-state index in [1.165, 1.54) is 0 Å². The van der Waals surface area contributed by atoms with Gasteiger partial charge in [-0.05, 0) is 6.92 Å². The molecule has 0 fully saturated rings. The van der Waals surface area contributed by atoms with Gasteiger partial charge in [0.05, 0.1) is 0 Å². The van der Waals surface area contributed by atoms with Crippen LogP contribution in [0.3, 0.4) is 0 Å². The van der Waals surface area contributed by atoms with Gasteiger partial charge in [0.2, 0.25) is 5.91 Å². The SMILES string of the molecule is C=C(C)C(=O)N[C@H](O)C(Br)(Br)Br. The van der Waals surface area contributed by atoms with Gasteiger partial charge in [-0.25, -0.2) is 0 Å². The lowest BCUT2D eigenvalue weighted by Gasteiger charge is -2.20. The minimum atomic E-state index is -1.08. The van der Waals surface area contributed by atoms with Crippen LogP contribution >= 0.6 is 47.8 Å². The number of alkyl halides is 3. The van der Waals surface area contributed by atoms with Crippen LogP contribution in [0.1, 0.15) is 6.92 Å². The van der Waals surface area contributed by atoms with Gasteiger partial charge in [-0.2, -0.15) is 0 Å². The first kappa shape index (κ1) is 12.6. The number of carbonyl (C=O) groups excluding carboxylic acids is 1. The predicted molar refractivity (Wildman–Crippen MR) is 58.5 cm³/mol. The van der Waals surface area contributed by atoms with Crippen molar-refractivity contribution in [2.75, 3.05) is 0 Å². The highest BCUT2D eigenvalue weighted by Crippen LogP contribution is 2.35. The Labute approximate surface area is 96.0 Å². The average Bonchev–Trinajstić information content (AvgIpc) is 1.85. The van der Waals surface area contributed by atoms with Crippen LogP contribution in [0.15, 0.2) is 12.2 Å². The summed E-state index contributed by atoms with van der Waals surface area (Å²) >= 11 is 9.18. The van der Waals surface area contributed by atoms with Gasteiger partial charge in [0.25, 0.3) is 0 Å². The smallest absolute Gasteiger partial charge is 0.248 e. The standard InChI is InChI=1S/C6H8Br3NO2/c1-3(2)4(11)10-5(12)6(7,8)9/h5,12H,1H2,2H3,(H,10,11)/t5-/m1/s1. The molecule has 0 saturated carbocycles. The van der Waals surface area contributed by atoms with E-state index < -0.39 is 14.3 Å². The monoisotopic (exact) mass is 363 g/mol. The van der Waals surface area contributed by atoms with E-state index in [1.807, 2.05) is 0 Å². The molecule has 0 unspecified atom stereocenters. The Bertz CT molecular complexity index is 199. The Morgan fingerprint density at radius 1 is 1.58 bits per heavy atom. The van der Waals surface area contributed by atoms with E-state index in [0.717, 1.165) is 0 Å². The molecule has 12 heavy (non-hydrogen) atoms. The van der Waals surface area contributed by atoms with E-state index in [1.54, 1.807) is 6.92 Å². The Balaban J connectivity index is 4.11. The summed E-state index contributed by atoms with van der Waals surface area (Å²) in [6.07, 6.45) is -1.08. The molecule has 0 rings (SSSR count). The van der Waals surface area contributed by atoms with Gasteiger partial charge in [0.15, 0.2) is 8.37 Å². The molecule has 1 atom stereocenters. The summed E-state index contributed by atoms with van der Waals surface area (Å²) in [6, 6.07) is 0. The third-order valence-electron chi connectivity index (χ3n) is 0.965. The minimum absolute atomic E-state index is 0.339. The summed E-state index contributed by atoms with van der Waals surface area (Å²) in [5.74, 6) is -0.398. The fraction of sp³-hybridized carbons (Fsp3) is 0.500. The molecule has 0 aliphatic rings. The van der Waals surface area contributed by atoms with E-state index in [2.05, 4.69) is 59.7 Å². The summed E-state index contributed by atoms with van der Waals surface area (Å²) in [4.78, 5) is 11.0. The molecule has 0 radical (unpaired) electrons. The van der Waals surface area contributed by atoms with Gasteiger partial charge in [-0.1, -0.05) is 54.4 Å². The zero-order chi connectivity index (χ0) is 9.94. The summed E-state index contributed by atoms with van der Waals surface area (Å²) in [6.45, 7) is 4.98. The molecule has 2 N–H and O–H groups in total. The topological polar surface area (TPSA) is 49.3 Å². The molecule has 1 amide bonds. The molecule has 0 aliphatic carbocycles. The van der Waals surface area contributed by atoms with Crippen molar-refractivity contribution in [3.05, 3.63) is 12.2 Å². The van der Waals surface area contributed by atoms with E-state index in [9.17, 15) is 9.90 Å². The molecule has 0 aromatic rings. The lowest BCUT2D eigenvalue weighted by atomic mass is 10.3. The summed E-state index contributed by atoms with van der Waals surface area (Å²) < 4.78 is -0.905. The summed E-state index contributed by atoms with van der Waals surface area (Å²) in [7, 11) is 0. The maximum absolute atomic E-state index is 11.0. The van der Waals surface area contributed by atoms with Gasteiger partial charge in [-0.3, -0.25) is 4.79 Å². The number of amides is 1. The quantitative estimate of drug-likeness (QED) is 0.445. The van der Waals surface area contributed by atoms with E-state index in [0.29, 0.717) is 5.57 Å². The van der Waals surface area contributed by atoms with Crippen molar-refractivity contribution in [2.45, 2.75) is 15.3 Å². The molecular formula is C6H8Br3NO2. The summed E-state index contributed by atoms with van der Waals surface area (Å²) in [5.41, 5.74) is 0.339. The van der Waals surface area contributed by atoms with Crippen molar-refractivity contribution >= 4 is 53.7 Å². The second-order valence-corrected chi connectivity index (χ2v) is 9.14. The number of halogens is 3. The first-order valence-electron chi connectivity index (χ1n) is 2.96. The van der Waals surface area contributed by atoms with Gasteiger partial charge in [0.1, 0.15) is 0 Å². The van der Waals surface area contributed by atoms with Crippen LogP contribution in [-0.2, 0) is 4.79 Å². The number of rotatable bonds is 2. The zero-order valence-electron chi connectivity index (χ0n) is 6.27. The second kappa shape index (κ2) is 4.74. The van der Waals surface area contributed by atoms with Crippen LogP contribution in [0.4, 0.5) is 0 Å². The average molecular weight is 366 g/mol.